The minimum Gasteiger partial charge on any atom is -0.381 e. The average molecular weight is 460 g/mol. The molecule has 4 rings (SSSR count). The fraction of sp³-hybridized carbons (Fsp3) is 0.417. The van der Waals surface area contributed by atoms with E-state index in [0.717, 1.165) is 24.3 Å². The lowest BCUT2D eigenvalue weighted by molar-refractivity contribution is -0.136. The van der Waals surface area contributed by atoms with Crippen molar-refractivity contribution in [3.63, 3.8) is 0 Å². The maximum Gasteiger partial charge on any atom is 0.242 e. The molecule has 0 radical (unpaired) electrons. The number of ether oxygens (including phenoxy) is 1. The molecule has 0 spiro atoms. The van der Waals surface area contributed by atoms with E-state index in [9.17, 15) is 14.0 Å². The highest BCUT2D eigenvalue weighted by atomic mass is 35.5. The van der Waals surface area contributed by atoms with Crippen LogP contribution in [0.3, 0.4) is 0 Å². The van der Waals surface area contributed by atoms with Gasteiger partial charge in [0, 0.05) is 50.1 Å². The summed E-state index contributed by atoms with van der Waals surface area (Å²) in [6, 6.07) is 13.7. The van der Waals surface area contributed by atoms with Crippen LogP contribution in [-0.2, 0) is 19.7 Å². The molecule has 2 saturated heterocycles. The predicted octanol–water partition coefficient (Wildman–Crippen LogP) is 2.99. The standard InChI is InChI=1S/C24H27ClFN3O3/c25-19-3-7-21(8-4-19)28-11-13-29(14-12-28)22(30)17-27-23(31)24(9-15-32-16-10-24)18-1-5-20(26)6-2-18/h1-8H,9-17H2,(H,27,31). The Morgan fingerprint density at radius 1 is 0.969 bits per heavy atom. The second-order valence-corrected chi connectivity index (χ2v) is 8.66. The van der Waals surface area contributed by atoms with Crippen molar-refractivity contribution in [3.05, 3.63) is 64.9 Å². The third kappa shape index (κ3) is 4.89. The number of hydrogen-bond donors (Lipinski definition) is 1. The van der Waals surface area contributed by atoms with Crippen LogP contribution in [-0.4, -0.2) is 62.7 Å². The molecule has 1 N–H and O–H groups in total. The fourth-order valence-electron chi connectivity index (χ4n) is 4.44. The number of piperazine rings is 1. The van der Waals surface area contributed by atoms with E-state index in [0.29, 0.717) is 44.2 Å². The molecule has 0 aromatic heterocycles. The Labute approximate surface area is 192 Å². The van der Waals surface area contributed by atoms with Crippen LogP contribution in [0.15, 0.2) is 48.5 Å². The Balaban J connectivity index is 1.34. The minimum absolute atomic E-state index is 0.0520. The minimum atomic E-state index is -0.806. The van der Waals surface area contributed by atoms with Gasteiger partial charge in [0.05, 0.1) is 12.0 Å². The largest absolute Gasteiger partial charge is 0.381 e. The molecular formula is C24H27ClFN3O3. The number of rotatable bonds is 5. The number of nitrogens with one attached hydrogen (secondary N) is 1. The van der Waals surface area contributed by atoms with E-state index >= 15 is 0 Å². The van der Waals surface area contributed by atoms with Crippen molar-refractivity contribution in [2.75, 3.05) is 50.8 Å². The van der Waals surface area contributed by atoms with E-state index < -0.39 is 5.41 Å². The molecule has 170 valence electrons. The summed E-state index contributed by atoms with van der Waals surface area (Å²) in [5.74, 6) is -0.653. The first-order valence-corrected chi connectivity index (χ1v) is 11.3. The molecule has 0 saturated carbocycles. The number of hydrogen-bond acceptors (Lipinski definition) is 4. The van der Waals surface area contributed by atoms with E-state index in [4.69, 9.17) is 16.3 Å². The van der Waals surface area contributed by atoms with Crippen LogP contribution in [0.25, 0.3) is 0 Å². The van der Waals surface area contributed by atoms with Gasteiger partial charge in [0.1, 0.15) is 5.82 Å². The molecule has 32 heavy (non-hydrogen) atoms. The SMILES string of the molecule is O=C(CNC(=O)C1(c2ccc(F)cc2)CCOCC1)N1CCN(c2ccc(Cl)cc2)CC1. The predicted molar refractivity (Wildman–Crippen MR) is 121 cm³/mol. The first kappa shape index (κ1) is 22.6. The Hall–Kier alpha value is -2.64. The zero-order chi connectivity index (χ0) is 22.6. The van der Waals surface area contributed by atoms with E-state index in [-0.39, 0.29) is 24.2 Å². The third-order valence-corrected chi connectivity index (χ3v) is 6.65. The van der Waals surface area contributed by atoms with Gasteiger partial charge in [-0.2, -0.15) is 0 Å². The maximum absolute atomic E-state index is 13.4. The zero-order valence-corrected chi connectivity index (χ0v) is 18.6. The van der Waals surface area contributed by atoms with Crippen LogP contribution in [0, 0.1) is 5.82 Å². The Bertz CT molecular complexity index is 938. The lowest BCUT2D eigenvalue weighted by atomic mass is 9.73. The van der Waals surface area contributed by atoms with Crippen molar-refractivity contribution >= 4 is 29.1 Å². The fourth-order valence-corrected chi connectivity index (χ4v) is 4.56. The normalized spacial score (nSPS) is 18.3. The van der Waals surface area contributed by atoms with Crippen molar-refractivity contribution < 1.29 is 18.7 Å². The van der Waals surface area contributed by atoms with Crippen LogP contribution in [0.5, 0.6) is 0 Å². The molecule has 2 fully saturated rings. The van der Waals surface area contributed by atoms with Gasteiger partial charge >= 0.3 is 0 Å². The molecule has 0 bridgehead atoms. The molecule has 2 aromatic rings. The maximum atomic E-state index is 13.4. The van der Waals surface area contributed by atoms with Crippen molar-refractivity contribution in [2.24, 2.45) is 0 Å². The second-order valence-electron chi connectivity index (χ2n) is 8.23. The molecule has 6 nitrogen and oxygen atoms in total. The molecule has 2 aliphatic rings. The third-order valence-electron chi connectivity index (χ3n) is 6.40. The summed E-state index contributed by atoms with van der Waals surface area (Å²) < 4.78 is 18.9. The lowest BCUT2D eigenvalue weighted by Gasteiger charge is -2.37. The van der Waals surface area contributed by atoms with Gasteiger partial charge in [-0.25, -0.2) is 4.39 Å². The van der Waals surface area contributed by atoms with Crippen LogP contribution in [0.4, 0.5) is 10.1 Å². The van der Waals surface area contributed by atoms with Gasteiger partial charge in [-0.15, -0.1) is 0 Å². The summed E-state index contributed by atoms with van der Waals surface area (Å²) in [7, 11) is 0. The molecule has 8 heteroatoms. The lowest BCUT2D eigenvalue weighted by Crippen LogP contribution is -2.53. The Kier molecular flexibility index (Phi) is 6.96. The van der Waals surface area contributed by atoms with Gasteiger partial charge < -0.3 is 19.9 Å². The van der Waals surface area contributed by atoms with Crippen molar-refractivity contribution in [1.82, 2.24) is 10.2 Å². The summed E-state index contributed by atoms with van der Waals surface area (Å²) in [6.45, 7) is 3.47. The van der Waals surface area contributed by atoms with Gasteiger partial charge in [-0.3, -0.25) is 9.59 Å². The number of nitrogens with zero attached hydrogens (tertiary/aromatic N) is 2. The quantitative estimate of drug-likeness (QED) is 0.746. The molecule has 2 amide bonds. The molecule has 0 aliphatic carbocycles. The highest BCUT2D eigenvalue weighted by Gasteiger charge is 2.42. The monoisotopic (exact) mass is 459 g/mol. The van der Waals surface area contributed by atoms with Gasteiger partial charge in [-0.1, -0.05) is 23.7 Å². The Morgan fingerprint density at radius 2 is 1.59 bits per heavy atom. The summed E-state index contributed by atoms with van der Waals surface area (Å²) in [5, 5.41) is 3.54. The number of carbonyl (C=O) groups is 2. The Morgan fingerprint density at radius 3 is 2.22 bits per heavy atom. The van der Waals surface area contributed by atoms with Crippen LogP contribution >= 0.6 is 11.6 Å². The molecule has 2 heterocycles. The van der Waals surface area contributed by atoms with Gasteiger partial charge in [0.2, 0.25) is 11.8 Å². The molecule has 2 aromatic carbocycles. The van der Waals surface area contributed by atoms with E-state index in [1.807, 2.05) is 24.3 Å². The van der Waals surface area contributed by atoms with E-state index in [2.05, 4.69) is 10.2 Å². The smallest absolute Gasteiger partial charge is 0.242 e. The van der Waals surface area contributed by atoms with Gasteiger partial charge in [0.15, 0.2) is 0 Å². The van der Waals surface area contributed by atoms with Gasteiger partial charge in [0.25, 0.3) is 0 Å². The number of halogens is 2. The van der Waals surface area contributed by atoms with E-state index in [1.54, 1.807) is 17.0 Å². The van der Waals surface area contributed by atoms with E-state index in [1.165, 1.54) is 12.1 Å². The zero-order valence-electron chi connectivity index (χ0n) is 17.9. The highest BCUT2D eigenvalue weighted by molar-refractivity contribution is 6.30. The highest BCUT2D eigenvalue weighted by Crippen LogP contribution is 2.35. The number of anilines is 1. The number of carbonyl (C=O) groups excluding carboxylic acids is 2. The molecule has 2 aliphatic heterocycles. The van der Waals surface area contributed by atoms with Crippen molar-refractivity contribution in [1.29, 1.82) is 0 Å². The summed E-state index contributed by atoms with van der Waals surface area (Å²) in [5.41, 5.74) is 1.03. The average Bonchev–Trinajstić information content (AvgIpc) is 2.84. The first-order valence-electron chi connectivity index (χ1n) is 10.9. The number of benzene rings is 2. The molecule has 0 unspecified atom stereocenters. The van der Waals surface area contributed by atoms with Crippen LogP contribution < -0.4 is 10.2 Å². The van der Waals surface area contributed by atoms with Crippen molar-refractivity contribution in [2.45, 2.75) is 18.3 Å². The summed E-state index contributed by atoms with van der Waals surface area (Å²) in [6.07, 6.45) is 0.997. The molecule has 0 atom stereocenters. The van der Waals surface area contributed by atoms with Crippen molar-refractivity contribution in [3.8, 4) is 0 Å². The topological polar surface area (TPSA) is 61.9 Å². The summed E-state index contributed by atoms with van der Waals surface area (Å²) >= 11 is 5.96. The summed E-state index contributed by atoms with van der Waals surface area (Å²) in [4.78, 5) is 30.0. The molecular weight excluding hydrogens is 433 g/mol. The first-order chi connectivity index (χ1) is 15.5. The second kappa shape index (κ2) is 9.88. The van der Waals surface area contributed by atoms with Crippen LogP contribution in [0.1, 0.15) is 18.4 Å². The number of amides is 2. The van der Waals surface area contributed by atoms with Gasteiger partial charge in [-0.05, 0) is 54.8 Å². The van der Waals surface area contributed by atoms with Crippen LogP contribution in [0.2, 0.25) is 5.02 Å².